The van der Waals surface area contributed by atoms with Gasteiger partial charge >= 0.3 is 0 Å². The van der Waals surface area contributed by atoms with Gasteiger partial charge in [0.05, 0.1) is 10.4 Å². The highest BCUT2D eigenvalue weighted by atomic mass is 32.1. The summed E-state index contributed by atoms with van der Waals surface area (Å²) in [5, 5.41) is 3.41. The molecule has 2 heterocycles. The fourth-order valence-electron chi connectivity index (χ4n) is 3.35. The first kappa shape index (κ1) is 18.6. The summed E-state index contributed by atoms with van der Waals surface area (Å²) in [5.41, 5.74) is 0.0994. The Hall–Kier alpha value is -2.80. The minimum Gasteiger partial charge on any atom is -0.338 e. The second kappa shape index (κ2) is 7.67. The first-order valence-electron chi connectivity index (χ1n) is 9.10. The van der Waals surface area contributed by atoms with Gasteiger partial charge in [0, 0.05) is 23.5 Å². The van der Waals surface area contributed by atoms with Crippen LogP contribution in [0.2, 0.25) is 0 Å². The molecule has 0 aliphatic carbocycles. The number of benzene rings is 2. The summed E-state index contributed by atoms with van der Waals surface area (Å²) in [4.78, 5) is 27.5. The molecule has 2 amide bonds. The number of nitrogens with one attached hydrogen (secondary N) is 1. The number of fused-ring (bicyclic) bond motifs is 1. The number of halogens is 2. The predicted octanol–water partition coefficient (Wildman–Crippen LogP) is 5.06. The molecule has 4 nitrogen and oxygen atoms in total. The van der Waals surface area contributed by atoms with Gasteiger partial charge in [-0.05, 0) is 67.1 Å². The molecule has 1 aliphatic rings. The molecule has 7 heteroatoms. The van der Waals surface area contributed by atoms with E-state index in [0.717, 1.165) is 60.6 Å². The molecule has 0 saturated carbocycles. The Labute approximate surface area is 164 Å². The molecule has 1 saturated heterocycles. The Kier molecular flexibility index (Phi) is 5.09. The van der Waals surface area contributed by atoms with Crippen molar-refractivity contribution in [2.75, 3.05) is 18.4 Å². The molecular formula is C21H18F2N2O2S. The molecule has 1 fully saturated rings. The Morgan fingerprint density at radius 2 is 1.75 bits per heavy atom. The summed E-state index contributed by atoms with van der Waals surface area (Å²) in [6.07, 6.45) is 3.22. The number of carbonyl (C=O) groups excluding carboxylic acids is 2. The van der Waals surface area contributed by atoms with Gasteiger partial charge in [0.25, 0.3) is 11.8 Å². The van der Waals surface area contributed by atoms with Crippen molar-refractivity contribution >= 4 is 38.9 Å². The number of carbonyl (C=O) groups is 2. The number of piperidine rings is 1. The summed E-state index contributed by atoms with van der Waals surface area (Å²) in [5.74, 6) is -2.16. The van der Waals surface area contributed by atoms with Gasteiger partial charge in [-0.25, -0.2) is 8.78 Å². The lowest BCUT2D eigenvalue weighted by molar-refractivity contribution is 0.0729. The Morgan fingerprint density at radius 3 is 2.54 bits per heavy atom. The zero-order chi connectivity index (χ0) is 19.7. The first-order valence-corrected chi connectivity index (χ1v) is 9.92. The Bertz CT molecular complexity index is 1060. The largest absolute Gasteiger partial charge is 0.338 e. The smallest absolute Gasteiger partial charge is 0.263 e. The lowest BCUT2D eigenvalue weighted by Crippen LogP contribution is -2.35. The highest BCUT2D eigenvalue weighted by molar-refractivity contribution is 7.20. The minimum absolute atomic E-state index is 0.0355. The number of hydrogen-bond acceptors (Lipinski definition) is 3. The molecule has 0 bridgehead atoms. The number of hydrogen-bond donors (Lipinski definition) is 1. The van der Waals surface area contributed by atoms with E-state index in [9.17, 15) is 18.4 Å². The molecular weight excluding hydrogens is 382 g/mol. The van der Waals surface area contributed by atoms with Gasteiger partial charge in [-0.2, -0.15) is 0 Å². The van der Waals surface area contributed by atoms with Crippen LogP contribution in [0.25, 0.3) is 10.1 Å². The molecule has 144 valence electrons. The number of nitrogens with zero attached hydrogens (tertiary/aromatic N) is 1. The van der Waals surface area contributed by atoms with Crippen LogP contribution < -0.4 is 5.32 Å². The third kappa shape index (κ3) is 3.75. The zero-order valence-electron chi connectivity index (χ0n) is 15.0. The molecule has 28 heavy (non-hydrogen) atoms. The molecule has 1 aromatic heterocycles. The highest BCUT2D eigenvalue weighted by Crippen LogP contribution is 2.30. The molecule has 1 N–H and O–H groups in total. The average molecular weight is 400 g/mol. The van der Waals surface area contributed by atoms with Crippen molar-refractivity contribution in [3.63, 3.8) is 0 Å². The number of amides is 2. The van der Waals surface area contributed by atoms with Crippen LogP contribution in [0.3, 0.4) is 0 Å². The number of thiophene rings is 1. The number of anilines is 1. The molecule has 0 radical (unpaired) electrons. The van der Waals surface area contributed by atoms with Crippen molar-refractivity contribution in [2.24, 2.45) is 0 Å². The van der Waals surface area contributed by atoms with Gasteiger partial charge in [-0.1, -0.05) is 0 Å². The van der Waals surface area contributed by atoms with Gasteiger partial charge in [0.1, 0.15) is 11.6 Å². The standard InChI is InChI=1S/C21H18F2N2O2S/c22-14-4-6-17(23)16(12-14)20(26)24-15-5-7-18-13(10-15)11-19(28-18)21(27)25-8-2-1-3-9-25/h4-7,10-12H,1-3,8-9H2,(H,24,26). The third-order valence-electron chi connectivity index (χ3n) is 4.80. The van der Waals surface area contributed by atoms with Gasteiger partial charge in [0.15, 0.2) is 0 Å². The minimum atomic E-state index is -0.787. The van der Waals surface area contributed by atoms with Crippen LogP contribution in [0.5, 0.6) is 0 Å². The number of likely N-dealkylation sites (tertiary alicyclic amines) is 1. The Morgan fingerprint density at radius 1 is 0.964 bits per heavy atom. The van der Waals surface area contributed by atoms with E-state index in [1.165, 1.54) is 11.3 Å². The molecule has 2 aromatic carbocycles. The van der Waals surface area contributed by atoms with Gasteiger partial charge in [-0.3, -0.25) is 9.59 Å². The van der Waals surface area contributed by atoms with E-state index >= 15 is 0 Å². The van der Waals surface area contributed by atoms with Crippen LogP contribution in [-0.4, -0.2) is 29.8 Å². The first-order chi connectivity index (χ1) is 13.5. The molecule has 4 rings (SSSR count). The van der Waals surface area contributed by atoms with Gasteiger partial charge in [0.2, 0.25) is 0 Å². The quantitative estimate of drug-likeness (QED) is 0.668. The van der Waals surface area contributed by atoms with E-state index < -0.39 is 17.5 Å². The van der Waals surface area contributed by atoms with Crippen molar-refractivity contribution in [1.29, 1.82) is 0 Å². The Balaban J connectivity index is 1.55. The van der Waals surface area contributed by atoms with Crippen LogP contribution in [0.4, 0.5) is 14.5 Å². The highest BCUT2D eigenvalue weighted by Gasteiger charge is 2.20. The van der Waals surface area contributed by atoms with E-state index in [-0.39, 0.29) is 11.5 Å². The normalized spacial score (nSPS) is 14.3. The van der Waals surface area contributed by atoms with Gasteiger partial charge < -0.3 is 10.2 Å². The van der Waals surface area contributed by atoms with Crippen LogP contribution >= 0.6 is 11.3 Å². The summed E-state index contributed by atoms with van der Waals surface area (Å²) in [6, 6.07) is 9.79. The average Bonchev–Trinajstić information content (AvgIpc) is 3.13. The maximum Gasteiger partial charge on any atom is 0.263 e. The van der Waals surface area contributed by atoms with E-state index in [2.05, 4.69) is 5.32 Å². The molecule has 3 aromatic rings. The van der Waals surface area contributed by atoms with E-state index in [4.69, 9.17) is 0 Å². The summed E-state index contributed by atoms with van der Waals surface area (Å²) in [7, 11) is 0. The van der Waals surface area contributed by atoms with Crippen LogP contribution in [0, 0.1) is 11.6 Å². The molecule has 0 atom stereocenters. The van der Waals surface area contributed by atoms with E-state index in [0.29, 0.717) is 10.6 Å². The van der Waals surface area contributed by atoms with Gasteiger partial charge in [-0.15, -0.1) is 11.3 Å². The number of rotatable bonds is 3. The zero-order valence-corrected chi connectivity index (χ0v) is 15.8. The van der Waals surface area contributed by atoms with Crippen molar-refractivity contribution in [3.8, 4) is 0 Å². The topological polar surface area (TPSA) is 49.4 Å². The second-order valence-electron chi connectivity index (χ2n) is 6.79. The van der Waals surface area contributed by atoms with Crippen molar-refractivity contribution in [1.82, 2.24) is 4.90 Å². The monoisotopic (exact) mass is 400 g/mol. The molecule has 1 aliphatic heterocycles. The summed E-state index contributed by atoms with van der Waals surface area (Å²) >= 11 is 1.41. The van der Waals surface area contributed by atoms with Crippen molar-refractivity contribution in [2.45, 2.75) is 19.3 Å². The second-order valence-corrected chi connectivity index (χ2v) is 7.88. The fraction of sp³-hybridized carbons (Fsp3) is 0.238. The lowest BCUT2D eigenvalue weighted by Gasteiger charge is -2.26. The summed E-state index contributed by atoms with van der Waals surface area (Å²) in [6.45, 7) is 1.57. The summed E-state index contributed by atoms with van der Waals surface area (Å²) < 4.78 is 28.0. The molecule has 0 unspecified atom stereocenters. The fourth-order valence-corrected chi connectivity index (χ4v) is 4.36. The third-order valence-corrected chi connectivity index (χ3v) is 5.91. The van der Waals surface area contributed by atoms with E-state index in [1.54, 1.807) is 12.1 Å². The maximum absolute atomic E-state index is 13.8. The van der Waals surface area contributed by atoms with E-state index in [1.807, 2.05) is 17.0 Å². The van der Waals surface area contributed by atoms with Crippen molar-refractivity contribution in [3.05, 3.63) is 64.5 Å². The maximum atomic E-state index is 13.8. The lowest BCUT2D eigenvalue weighted by atomic mass is 10.1. The predicted molar refractivity (Wildman–Crippen MR) is 106 cm³/mol. The van der Waals surface area contributed by atoms with Crippen LogP contribution in [0.15, 0.2) is 42.5 Å². The molecule has 0 spiro atoms. The SMILES string of the molecule is O=C(Nc1ccc2sc(C(=O)N3CCCCC3)cc2c1)c1cc(F)ccc1F. The van der Waals surface area contributed by atoms with Crippen molar-refractivity contribution < 1.29 is 18.4 Å². The van der Waals surface area contributed by atoms with Crippen LogP contribution in [0.1, 0.15) is 39.3 Å². The van der Waals surface area contributed by atoms with Crippen LogP contribution in [-0.2, 0) is 0 Å².